The second-order valence-corrected chi connectivity index (χ2v) is 6.18. The highest BCUT2D eigenvalue weighted by atomic mass is 16.5. The van der Waals surface area contributed by atoms with Crippen LogP contribution in [0.3, 0.4) is 0 Å². The van der Waals surface area contributed by atoms with Gasteiger partial charge in [0.25, 0.3) is 11.8 Å². The third kappa shape index (κ3) is 3.42. The molecule has 2 aromatic rings. The molecule has 2 heterocycles. The number of hydrogen-bond donors (Lipinski definition) is 0. The molecular weight excluding hydrogens is 380 g/mol. The minimum Gasteiger partial charge on any atom is -0.493 e. The number of furan rings is 1. The number of likely N-dealkylation sites (N-methyl/N-ethyl adjacent to an activating group) is 2. The van der Waals surface area contributed by atoms with Crippen LogP contribution in [-0.2, 0) is 9.59 Å². The van der Waals surface area contributed by atoms with Crippen molar-refractivity contribution in [2.24, 2.45) is 0 Å². The van der Waals surface area contributed by atoms with E-state index in [4.69, 9.17) is 18.6 Å². The Morgan fingerprint density at radius 1 is 0.862 bits per heavy atom. The second kappa shape index (κ2) is 7.70. The largest absolute Gasteiger partial charge is 0.493 e. The lowest BCUT2D eigenvalue weighted by atomic mass is 10.1. The first kappa shape index (κ1) is 20.0. The Morgan fingerprint density at radius 3 is 1.90 bits per heavy atom. The van der Waals surface area contributed by atoms with Crippen molar-refractivity contribution in [3.63, 3.8) is 0 Å². The Hall–Kier alpha value is -3.75. The molecule has 152 valence electrons. The minimum absolute atomic E-state index is 0.166. The van der Waals surface area contributed by atoms with Crippen LogP contribution in [0.15, 0.2) is 34.3 Å². The SMILES string of the molecule is COc1cc(-c2ccc(C=C3C(=O)N(C)C(=O)N(C)C3=O)o2)cc(OC)c1OC. The van der Waals surface area contributed by atoms with Gasteiger partial charge in [-0.3, -0.25) is 19.4 Å². The first-order valence-corrected chi connectivity index (χ1v) is 8.54. The van der Waals surface area contributed by atoms with E-state index in [0.29, 0.717) is 28.6 Å². The van der Waals surface area contributed by atoms with Gasteiger partial charge in [-0.15, -0.1) is 0 Å². The summed E-state index contributed by atoms with van der Waals surface area (Å²) in [7, 11) is 7.14. The van der Waals surface area contributed by atoms with Crippen LogP contribution < -0.4 is 14.2 Å². The molecule has 0 radical (unpaired) electrons. The number of carbonyl (C=O) groups is 3. The minimum atomic E-state index is -0.691. The van der Waals surface area contributed by atoms with Crippen LogP contribution in [0.2, 0.25) is 0 Å². The summed E-state index contributed by atoms with van der Waals surface area (Å²) in [5.41, 5.74) is 0.482. The number of imide groups is 2. The predicted molar refractivity (Wildman–Crippen MR) is 103 cm³/mol. The number of urea groups is 1. The molecule has 4 amide bonds. The molecule has 29 heavy (non-hydrogen) atoms. The fourth-order valence-corrected chi connectivity index (χ4v) is 2.93. The molecular formula is C20H20N2O7. The Balaban J connectivity index is 2.00. The Labute approximate surface area is 167 Å². The van der Waals surface area contributed by atoms with E-state index >= 15 is 0 Å². The zero-order valence-corrected chi connectivity index (χ0v) is 16.6. The maximum absolute atomic E-state index is 12.3. The van der Waals surface area contributed by atoms with Crippen LogP contribution in [-0.4, -0.2) is 63.1 Å². The van der Waals surface area contributed by atoms with Gasteiger partial charge in [-0.2, -0.15) is 0 Å². The quantitative estimate of drug-likeness (QED) is 0.561. The third-order valence-electron chi connectivity index (χ3n) is 4.51. The van der Waals surface area contributed by atoms with Gasteiger partial charge in [-0.25, -0.2) is 4.79 Å². The van der Waals surface area contributed by atoms with Gasteiger partial charge >= 0.3 is 6.03 Å². The van der Waals surface area contributed by atoms with Crippen molar-refractivity contribution in [3.05, 3.63) is 35.6 Å². The lowest BCUT2D eigenvalue weighted by molar-refractivity contribution is -0.134. The summed E-state index contributed by atoms with van der Waals surface area (Å²) in [4.78, 5) is 38.2. The highest BCUT2D eigenvalue weighted by molar-refractivity contribution is 6.30. The first-order valence-electron chi connectivity index (χ1n) is 8.54. The summed E-state index contributed by atoms with van der Waals surface area (Å²) in [5.74, 6) is 0.718. The average Bonchev–Trinajstić information content (AvgIpc) is 3.21. The molecule has 1 aromatic carbocycles. The number of ether oxygens (including phenoxy) is 3. The van der Waals surface area contributed by atoms with E-state index in [-0.39, 0.29) is 11.3 Å². The molecule has 0 aliphatic carbocycles. The maximum atomic E-state index is 12.3. The van der Waals surface area contributed by atoms with Gasteiger partial charge in [0.15, 0.2) is 11.5 Å². The number of hydrogen-bond acceptors (Lipinski definition) is 7. The number of carbonyl (C=O) groups excluding carboxylic acids is 3. The number of methoxy groups -OCH3 is 3. The normalized spacial score (nSPS) is 14.4. The standard InChI is InChI=1S/C20H20N2O7/c1-21-18(23)13(19(24)22(2)20(21)25)10-12-6-7-14(29-12)11-8-15(26-3)17(28-5)16(9-11)27-4/h6-10H,1-5H3. The van der Waals surface area contributed by atoms with E-state index in [1.54, 1.807) is 24.3 Å². The van der Waals surface area contributed by atoms with E-state index in [0.717, 1.165) is 9.80 Å². The molecule has 0 saturated carbocycles. The van der Waals surface area contributed by atoms with Crippen molar-refractivity contribution in [2.75, 3.05) is 35.4 Å². The Kier molecular flexibility index (Phi) is 5.31. The van der Waals surface area contributed by atoms with Crippen LogP contribution in [0, 0.1) is 0 Å². The fourth-order valence-electron chi connectivity index (χ4n) is 2.93. The van der Waals surface area contributed by atoms with E-state index < -0.39 is 17.8 Å². The molecule has 0 spiro atoms. The van der Waals surface area contributed by atoms with Crippen LogP contribution in [0.25, 0.3) is 17.4 Å². The zero-order valence-electron chi connectivity index (χ0n) is 16.6. The van der Waals surface area contributed by atoms with Crippen molar-refractivity contribution in [2.45, 2.75) is 0 Å². The molecule has 0 N–H and O–H groups in total. The van der Waals surface area contributed by atoms with Gasteiger partial charge in [0.2, 0.25) is 5.75 Å². The highest BCUT2D eigenvalue weighted by Crippen LogP contribution is 2.41. The molecule has 0 atom stereocenters. The first-order chi connectivity index (χ1) is 13.8. The van der Waals surface area contributed by atoms with Crippen molar-refractivity contribution in [3.8, 4) is 28.6 Å². The molecule has 1 aliphatic heterocycles. The Morgan fingerprint density at radius 2 is 1.41 bits per heavy atom. The zero-order chi connectivity index (χ0) is 21.3. The molecule has 1 saturated heterocycles. The lowest BCUT2D eigenvalue weighted by Crippen LogP contribution is -2.52. The Bertz CT molecular complexity index is 971. The smallest absolute Gasteiger partial charge is 0.333 e. The summed E-state index contributed by atoms with van der Waals surface area (Å²) in [6.07, 6.45) is 1.31. The van der Waals surface area contributed by atoms with Gasteiger partial charge in [-0.1, -0.05) is 0 Å². The van der Waals surface area contributed by atoms with Crippen molar-refractivity contribution < 1.29 is 33.0 Å². The van der Waals surface area contributed by atoms with Crippen LogP contribution in [0.1, 0.15) is 5.76 Å². The number of barbiturate groups is 1. The van der Waals surface area contributed by atoms with Crippen LogP contribution in [0.5, 0.6) is 17.2 Å². The number of amides is 4. The molecule has 3 rings (SSSR count). The summed E-state index contributed by atoms with van der Waals surface area (Å²) >= 11 is 0. The molecule has 1 fully saturated rings. The van der Waals surface area contributed by atoms with E-state index in [1.165, 1.54) is 41.5 Å². The average molecular weight is 400 g/mol. The van der Waals surface area contributed by atoms with Crippen molar-refractivity contribution in [1.29, 1.82) is 0 Å². The third-order valence-corrected chi connectivity index (χ3v) is 4.51. The predicted octanol–water partition coefficient (Wildman–Crippen LogP) is 2.41. The summed E-state index contributed by atoms with van der Waals surface area (Å²) < 4.78 is 21.8. The molecule has 1 aromatic heterocycles. The topological polar surface area (TPSA) is 98.5 Å². The van der Waals surface area contributed by atoms with Gasteiger partial charge in [0.05, 0.1) is 21.3 Å². The maximum Gasteiger partial charge on any atom is 0.333 e. The number of rotatable bonds is 5. The number of benzene rings is 1. The van der Waals surface area contributed by atoms with E-state index in [9.17, 15) is 14.4 Å². The van der Waals surface area contributed by atoms with E-state index in [1.807, 2.05) is 0 Å². The van der Waals surface area contributed by atoms with Crippen LogP contribution >= 0.6 is 0 Å². The molecule has 1 aliphatic rings. The van der Waals surface area contributed by atoms with Crippen molar-refractivity contribution in [1.82, 2.24) is 9.80 Å². The monoisotopic (exact) mass is 400 g/mol. The van der Waals surface area contributed by atoms with Gasteiger partial charge in [0.1, 0.15) is 17.1 Å². The van der Waals surface area contributed by atoms with Crippen LogP contribution in [0.4, 0.5) is 4.79 Å². The summed E-state index contributed by atoms with van der Waals surface area (Å²) in [5, 5.41) is 0. The second-order valence-electron chi connectivity index (χ2n) is 6.18. The number of nitrogens with zero attached hydrogens (tertiary/aromatic N) is 2. The molecule has 9 heteroatoms. The summed E-state index contributed by atoms with van der Waals surface area (Å²) in [6, 6.07) is 6.05. The van der Waals surface area contributed by atoms with Gasteiger partial charge in [-0.05, 0) is 30.3 Å². The molecule has 0 unspecified atom stereocenters. The summed E-state index contributed by atoms with van der Waals surface area (Å²) in [6.45, 7) is 0. The molecule has 0 bridgehead atoms. The van der Waals surface area contributed by atoms with Gasteiger partial charge in [0, 0.05) is 19.7 Å². The molecule has 9 nitrogen and oxygen atoms in total. The van der Waals surface area contributed by atoms with E-state index in [2.05, 4.69) is 0 Å². The van der Waals surface area contributed by atoms with Gasteiger partial charge < -0.3 is 18.6 Å². The fraction of sp³-hybridized carbons (Fsp3) is 0.250. The highest BCUT2D eigenvalue weighted by Gasteiger charge is 2.38. The van der Waals surface area contributed by atoms with Crippen molar-refractivity contribution >= 4 is 23.9 Å². The lowest BCUT2D eigenvalue weighted by Gasteiger charge is -2.28.